The van der Waals surface area contributed by atoms with Gasteiger partial charge < -0.3 is 15.1 Å². The average Bonchev–Trinajstić information content (AvgIpc) is 3.15. The molecular formula is C20H34F3IN4O. The van der Waals surface area contributed by atoms with Gasteiger partial charge >= 0.3 is 6.18 Å². The van der Waals surface area contributed by atoms with E-state index in [9.17, 15) is 13.2 Å². The van der Waals surface area contributed by atoms with Gasteiger partial charge in [0.2, 0.25) is 0 Å². The second-order valence-corrected chi connectivity index (χ2v) is 7.56. The molecule has 1 unspecified atom stereocenters. The number of aliphatic imine (C=N–C) groups is 1. The minimum Gasteiger partial charge on any atom is -0.469 e. The summed E-state index contributed by atoms with van der Waals surface area (Å²) in [5.74, 6) is 2.16. The zero-order valence-electron chi connectivity index (χ0n) is 17.3. The second-order valence-electron chi connectivity index (χ2n) is 7.56. The predicted octanol–water partition coefficient (Wildman–Crippen LogP) is 4.44. The topological polar surface area (TPSA) is 52.8 Å². The largest absolute Gasteiger partial charge is 0.469 e. The Balaban J connectivity index is 0.00000420. The van der Waals surface area contributed by atoms with E-state index in [0.717, 1.165) is 50.4 Å². The van der Waals surface area contributed by atoms with Gasteiger partial charge in [-0.3, -0.25) is 9.89 Å². The van der Waals surface area contributed by atoms with Gasteiger partial charge in [0.25, 0.3) is 0 Å². The van der Waals surface area contributed by atoms with Gasteiger partial charge in [-0.1, -0.05) is 6.92 Å². The first-order chi connectivity index (χ1) is 13.4. The first-order valence-corrected chi connectivity index (χ1v) is 10.2. The lowest BCUT2D eigenvalue weighted by Gasteiger charge is -2.32. The first kappa shape index (κ1) is 26.1. The summed E-state index contributed by atoms with van der Waals surface area (Å²) in [7, 11) is 0. The number of alkyl halides is 3. The molecular weight excluding hydrogens is 496 g/mol. The molecule has 5 nitrogen and oxygen atoms in total. The fourth-order valence-electron chi connectivity index (χ4n) is 3.29. The van der Waals surface area contributed by atoms with Gasteiger partial charge in [-0.15, -0.1) is 24.0 Å². The summed E-state index contributed by atoms with van der Waals surface area (Å²) in [6.45, 7) is 5.88. The van der Waals surface area contributed by atoms with Crippen LogP contribution >= 0.6 is 24.0 Å². The van der Waals surface area contributed by atoms with Gasteiger partial charge in [0.05, 0.1) is 12.8 Å². The monoisotopic (exact) mass is 530 g/mol. The first-order valence-electron chi connectivity index (χ1n) is 10.2. The molecule has 2 rings (SSSR count). The highest BCUT2D eigenvalue weighted by atomic mass is 127. The Bertz CT molecular complexity index is 573. The van der Waals surface area contributed by atoms with Crippen LogP contribution in [0.2, 0.25) is 0 Å². The highest BCUT2D eigenvalue weighted by Crippen LogP contribution is 2.24. The van der Waals surface area contributed by atoms with Gasteiger partial charge in [-0.2, -0.15) is 13.2 Å². The van der Waals surface area contributed by atoms with Gasteiger partial charge in [-0.05, 0) is 63.7 Å². The third-order valence-corrected chi connectivity index (χ3v) is 5.16. The van der Waals surface area contributed by atoms with Crippen LogP contribution in [-0.2, 0) is 6.42 Å². The van der Waals surface area contributed by atoms with Crippen LogP contribution in [-0.4, -0.2) is 55.8 Å². The Hall–Kier alpha value is -0.970. The number of halogens is 4. The summed E-state index contributed by atoms with van der Waals surface area (Å²) in [6.07, 6.45) is 1.88. The third-order valence-electron chi connectivity index (χ3n) is 5.16. The Labute approximate surface area is 188 Å². The van der Waals surface area contributed by atoms with Crippen LogP contribution in [0, 0.1) is 5.92 Å². The van der Waals surface area contributed by atoms with Crippen molar-refractivity contribution in [3.8, 4) is 0 Å². The quantitative estimate of drug-likeness (QED) is 0.282. The van der Waals surface area contributed by atoms with Gasteiger partial charge in [-0.25, -0.2) is 0 Å². The van der Waals surface area contributed by atoms with Crippen molar-refractivity contribution in [2.24, 2.45) is 10.9 Å². The molecule has 1 saturated heterocycles. The zero-order chi connectivity index (χ0) is 20.4. The van der Waals surface area contributed by atoms with Crippen LogP contribution in [0.15, 0.2) is 27.8 Å². The molecule has 0 radical (unpaired) electrons. The maximum absolute atomic E-state index is 12.5. The van der Waals surface area contributed by atoms with E-state index in [1.165, 1.54) is 4.90 Å². The van der Waals surface area contributed by atoms with E-state index in [4.69, 9.17) is 4.42 Å². The van der Waals surface area contributed by atoms with Crippen molar-refractivity contribution in [1.29, 1.82) is 0 Å². The molecule has 0 spiro atoms. The standard InChI is InChI=1S/C20H33F3N4O.HI/c1-3-16(2)26-19(25-11-7-18-5-4-14-28-18)24-10-6-17-8-12-27(13-9-17)15-20(21,22)23;/h4-5,14,16-17H,3,6-13,15H2,1-2H3,(H2,24,25,26);1H. The van der Waals surface area contributed by atoms with Crippen LogP contribution in [0.25, 0.3) is 0 Å². The molecule has 1 fully saturated rings. The highest BCUT2D eigenvalue weighted by molar-refractivity contribution is 14.0. The van der Waals surface area contributed by atoms with E-state index in [1.807, 2.05) is 12.1 Å². The Kier molecular flexibility index (Phi) is 12.0. The van der Waals surface area contributed by atoms with E-state index in [-0.39, 0.29) is 24.0 Å². The second kappa shape index (κ2) is 13.4. The molecule has 168 valence electrons. The molecule has 0 amide bonds. The lowest BCUT2D eigenvalue weighted by Crippen LogP contribution is -2.43. The third kappa shape index (κ3) is 11.1. The molecule has 0 bridgehead atoms. The summed E-state index contributed by atoms with van der Waals surface area (Å²) in [5.41, 5.74) is 0. The van der Waals surface area contributed by atoms with Crippen molar-refractivity contribution >= 4 is 29.9 Å². The smallest absolute Gasteiger partial charge is 0.401 e. The predicted molar refractivity (Wildman–Crippen MR) is 121 cm³/mol. The van der Waals surface area contributed by atoms with Crippen molar-refractivity contribution < 1.29 is 17.6 Å². The molecule has 0 aliphatic carbocycles. The number of piperidine rings is 1. The number of nitrogens with one attached hydrogen (secondary N) is 2. The van der Waals surface area contributed by atoms with Crippen molar-refractivity contribution in [1.82, 2.24) is 15.5 Å². The van der Waals surface area contributed by atoms with Gasteiger partial charge in [0.15, 0.2) is 5.96 Å². The van der Waals surface area contributed by atoms with Gasteiger partial charge in [0.1, 0.15) is 5.76 Å². The molecule has 9 heteroatoms. The minimum absolute atomic E-state index is 0. The van der Waals surface area contributed by atoms with E-state index < -0.39 is 12.7 Å². The zero-order valence-corrected chi connectivity index (χ0v) is 19.6. The summed E-state index contributed by atoms with van der Waals surface area (Å²) < 4.78 is 42.8. The highest BCUT2D eigenvalue weighted by Gasteiger charge is 2.32. The van der Waals surface area contributed by atoms with E-state index in [0.29, 0.717) is 31.6 Å². The molecule has 1 aromatic rings. The molecule has 2 heterocycles. The number of likely N-dealkylation sites (tertiary alicyclic amines) is 1. The van der Waals surface area contributed by atoms with Crippen LogP contribution in [0.1, 0.15) is 45.3 Å². The fourth-order valence-corrected chi connectivity index (χ4v) is 3.29. The van der Waals surface area contributed by atoms with Crippen LogP contribution in [0.5, 0.6) is 0 Å². The fraction of sp³-hybridized carbons (Fsp3) is 0.750. The Morgan fingerprint density at radius 1 is 1.34 bits per heavy atom. The number of guanidine groups is 1. The summed E-state index contributed by atoms with van der Waals surface area (Å²) in [4.78, 5) is 6.18. The normalized spacial score (nSPS) is 17.6. The Morgan fingerprint density at radius 3 is 2.66 bits per heavy atom. The number of nitrogens with zero attached hydrogens (tertiary/aromatic N) is 2. The maximum Gasteiger partial charge on any atom is 0.401 e. The molecule has 1 aliphatic rings. The maximum atomic E-state index is 12.5. The number of hydrogen-bond donors (Lipinski definition) is 2. The SMILES string of the molecule is CCC(C)NC(=NCCC1CCN(CC(F)(F)F)CC1)NCCc1ccco1.I. The number of rotatable bonds is 9. The molecule has 1 atom stereocenters. The molecule has 1 aromatic heterocycles. The summed E-state index contributed by atoms with van der Waals surface area (Å²) in [5, 5.41) is 6.73. The molecule has 29 heavy (non-hydrogen) atoms. The van der Waals surface area contributed by atoms with E-state index in [1.54, 1.807) is 6.26 Å². The molecule has 0 saturated carbocycles. The lowest BCUT2D eigenvalue weighted by molar-refractivity contribution is -0.148. The van der Waals surface area contributed by atoms with Crippen LogP contribution < -0.4 is 10.6 Å². The molecule has 0 aromatic carbocycles. The van der Waals surface area contributed by atoms with Crippen LogP contribution in [0.4, 0.5) is 13.2 Å². The van der Waals surface area contributed by atoms with Crippen molar-refractivity contribution in [3.05, 3.63) is 24.2 Å². The summed E-state index contributed by atoms with van der Waals surface area (Å²) >= 11 is 0. The van der Waals surface area contributed by atoms with Crippen molar-refractivity contribution in [2.75, 3.05) is 32.7 Å². The van der Waals surface area contributed by atoms with Crippen molar-refractivity contribution in [3.63, 3.8) is 0 Å². The number of hydrogen-bond acceptors (Lipinski definition) is 3. The average molecular weight is 530 g/mol. The summed E-state index contributed by atoms with van der Waals surface area (Å²) in [6, 6.07) is 4.15. The van der Waals surface area contributed by atoms with E-state index in [2.05, 4.69) is 29.5 Å². The minimum atomic E-state index is -4.10. The molecule has 2 N–H and O–H groups in total. The lowest BCUT2D eigenvalue weighted by atomic mass is 9.93. The Morgan fingerprint density at radius 2 is 2.07 bits per heavy atom. The van der Waals surface area contributed by atoms with Gasteiger partial charge in [0, 0.05) is 25.6 Å². The van der Waals surface area contributed by atoms with E-state index >= 15 is 0 Å². The van der Waals surface area contributed by atoms with Crippen LogP contribution in [0.3, 0.4) is 0 Å². The molecule has 1 aliphatic heterocycles. The number of furan rings is 1. The van der Waals surface area contributed by atoms with Crippen molar-refractivity contribution in [2.45, 2.75) is 58.2 Å².